The van der Waals surface area contributed by atoms with Crippen molar-refractivity contribution in [2.45, 2.75) is 62.8 Å². The first kappa shape index (κ1) is 14.1. The summed E-state index contributed by atoms with van der Waals surface area (Å²) in [5, 5.41) is 2.86. The van der Waals surface area contributed by atoms with Crippen LogP contribution in [0.4, 0.5) is 13.2 Å². The maximum Gasteiger partial charge on any atom is 0.390 e. The molecule has 106 valence electrons. The van der Waals surface area contributed by atoms with Gasteiger partial charge >= 0.3 is 6.18 Å². The van der Waals surface area contributed by atoms with E-state index >= 15 is 0 Å². The highest BCUT2D eigenvalue weighted by Crippen LogP contribution is 2.43. The largest absolute Gasteiger partial charge is 0.390 e. The minimum absolute atomic E-state index is 0.0866. The molecule has 2 aliphatic rings. The van der Waals surface area contributed by atoms with Crippen molar-refractivity contribution in [1.29, 1.82) is 0 Å². The molecule has 0 aromatic rings. The molecule has 5 heteroatoms. The maximum atomic E-state index is 12.5. The van der Waals surface area contributed by atoms with Crippen molar-refractivity contribution in [3.63, 3.8) is 0 Å². The van der Waals surface area contributed by atoms with Crippen LogP contribution in [-0.2, 0) is 4.74 Å². The smallest absolute Gasteiger partial charge is 0.375 e. The van der Waals surface area contributed by atoms with Crippen LogP contribution in [-0.4, -0.2) is 31.5 Å². The molecule has 0 radical (unpaired) electrons. The van der Waals surface area contributed by atoms with Crippen molar-refractivity contribution in [1.82, 2.24) is 5.32 Å². The maximum absolute atomic E-state index is 12.5. The van der Waals surface area contributed by atoms with E-state index in [1.165, 1.54) is 0 Å². The van der Waals surface area contributed by atoms with Gasteiger partial charge in [0.25, 0.3) is 0 Å². The third-order valence-electron chi connectivity index (χ3n) is 4.44. The number of hydrogen-bond acceptors (Lipinski definition) is 2. The number of halogens is 3. The molecule has 18 heavy (non-hydrogen) atoms. The lowest BCUT2D eigenvalue weighted by Gasteiger charge is -2.41. The first-order chi connectivity index (χ1) is 8.44. The summed E-state index contributed by atoms with van der Waals surface area (Å²) < 4.78 is 43.5. The average Bonchev–Trinajstić information content (AvgIpc) is 2.73. The summed E-state index contributed by atoms with van der Waals surface area (Å²) in [5.74, 6) is 0.0866. The molecule has 2 rings (SSSR count). The van der Waals surface area contributed by atoms with E-state index in [4.69, 9.17) is 4.74 Å². The molecule has 1 spiro atoms. The van der Waals surface area contributed by atoms with E-state index in [9.17, 15) is 13.2 Å². The predicted molar refractivity (Wildman–Crippen MR) is 63.4 cm³/mol. The summed E-state index contributed by atoms with van der Waals surface area (Å²) in [6, 6.07) is -0.466. The van der Waals surface area contributed by atoms with Gasteiger partial charge in [-0.2, -0.15) is 13.2 Å². The van der Waals surface area contributed by atoms with Crippen molar-refractivity contribution in [3.05, 3.63) is 0 Å². The molecule has 2 atom stereocenters. The number of rotatable bonds is 3. The molecular formula is C13H22F3NO. The molecule has 2 nitrogen and oxygen atoms in total. The molecule has 1 heterocycles. The van der Waals surface area contributed by atoms with E-state index in [1.54, 1.807) is 7.05 Å². The van der Waals surface area contributed by atoms with Crippen LogP contribution in [0.3, 0.4) is 0 Å². The van der Waals surface area contributed by atoms with Gasteiger partial charge in [0.15, 0.2) is 0 Å². The van der Waals surface area contributed by atoms with Gasteiger partial charge in [0.2, 0.25) is 0 Å². The number of ether oxygens (including phenoxy) is 1. The first-order valence-electron chi connectivity index (χ1n) is 6.82. The molecule has 0 bridgehead atoms. The van der Waals surface area contributed by atoms with Gasteiger partial charge in [-0.3, -0.25) is 0 Å². The van der Waals surface area contributed by atoms with Crippen molar-refractivity contribution >= 4 is 0 Å². The van der Waals surface area contributed by atoms with E-state index in [0.717, 1.165) is 38.5 Å². The van der Waals surface area contributed by atoms with Crippen LogP contribution in [0.2, 0.25) is 0 Å². The molecule has 1 aliphatic heterocycles. The molecular weight excluding hydrogens is 243 g/mol. The minimum Gasteiger partial charge on any atom is -0.375 e. The molecule has 1 N–H and O–H groups in total. The molecule has 1 saturated carbocycles. The van der Waals surface area contributed by atoms with Gasteiger partial charge in [0.05, 0.1) is 12.0 Å². The van der Waals surface area contributed by atoms with E-state index in [2.05, 4.69) is 5.32 Å². The molecule has 1 saturated heterocycles. The van der Waals surface area contributed by atoms with Crippen LogP contribution in [0, 0.1) is 5.92 Å². The van der Waals surface area contributed by atoms with Crippen LogP contribution < -0.4 is 5.32 Å². The molecule has 0 aromatic carbocycles. The monoisotopic (exact) mass is 265 g/mol. The lowest BCUT2D eigenvalue weighted by atomic mass is 9.79. The zero-order chi connectivity index (χ0) is 13.2. The third kappa shape index (κ3) is 3.38. The summed E-state index contributed by atoms with van der Waals surface area (Å²) in [6.07, 6.45) is 1.04. The van der Waals surface area contributed by atoms with Crippen LogP contribution in [0.25, 0.3) is 0 Å². The third-order valence-corrected chi connectivity index (χ3v) is 4.44. The second-order valence-corrected chi connectivity index (χ2v) is 5.71. The summed E-state index contributed by atoms with van der Waals surface area (Å²) in [7, 11) is 1.63. The fourth-order valence-electron chi connectivity index (χ4n) is 3.53. The Morgan fingerprint density at radius 1 is 1.33 bits per heavy atom. The zero-order valence-corrected chi connectivity index (χ0v) is 10.9. The van der Waals surface area contributed by atoms with Gasteiger partial charge in [-0.15, -0.1) is 0 Å². The van der Waals surface area contributed by atoms with Gasteiger partial charge < -0.3 is 10.1 Å². The van der Waals surface area contributed by atoms with Gasteiger partial charge in [-0.25, -0.2) is 0 Å². The summed E-state index contributed by atoms with van der Waals surface area (Å²) in [6.45, 7) is 0.612. The van der Waals surface area contributed by atoms with Gasteiger partial charge in [-0.1, -0.05) is 12.8 Å². The SMILES string of the molecule is CNC(CC(F)(F)F)C1CCOC2(CCCC2)C1. The number of nitrogens with one attached hydrogen (secondary N) is 1. The average molecular weight is 265 g/mol. The van der Waals surface area contributed by atoms with E-state index in [-0.39, 0.29) is 11.5 Å². The minimum atomic E-state index is -4.09. The van der Waals surface area contributed by atoms with Crippen molar-refractivity contribution < 1.29 is 17.9 Å². The van der Waals surface area contributed by atoms with Crippen LogP contribution in [0.1, 0.15) is 44.9 Å². The lowest BCUT2D eigenvalue weighted by Crippen LogP contribution is -2.46. The predicted octanol–water partition coefficient (Wildman–Crippen LogP) is 3.27. The Balaban J connectivity index is 1.98. The van der Waals surface area contributed by atoms with E-state index < -0.39 is 18.6 Å². The Labute approximate surface area is 106 Å². The Morgan fingerprint density at radius 3 is 2.56 bits per heavy atom. The van der Waals surface area contributed by atoms with Gasteiger partial charge in [0, 0.05) is 12.6 Å². The van der Waals surface area contributed by atoms with Crippen molar-refractivity contribution in [2.24, 2.45) is 5.92 Å². The number of alkyl halides is 3. The van der Waals surface area contributed by atoms with Crippen molar-refractivity contribution in [3.8, 4) is 0 Å². The van der Waals surface area contributed by atoms with Crippen LogP contribution in [0.15, 0.2) is 0 Å². The lowest BCUT2D eigenvalue weighted by molar-refractivity contribution is -0.151. The standard InChI is InChI=1S/C13H22F3NO/c1-17-11(9-13(14,15)16)10-4-7-18-12(8-10)5-2-3-6-12/h10-11,17H,2-9H2,1H3. The highest BCUT2D eigenvalue weighted by Gasteiger charge is 2.44. The van der Waals surface area contributed by atoms with Crippen LogP contribution in [0.5, 0.6) is 0 Å². The fourth-order valence-corrected chi connectivity index (χ4v) is 3.53. The highest BCUT2D eigenvalue weighted by molar-refractivity contribution is 4.94. The highest BCUT2D eigenvalue weighted by atomic mass is 19.4. The van der Waals surface area contributed by atoms with Gasteiger partial charge in [-0.05, 0) is 38.6 Å². The van der Waals surface area contributed by atoms with Crippen molar-refractivity contribution in [2.75, 3.05) is 13.7 Å². The molecule has 1 aliphatic carbocycles. The topological polar surface area (TPSA) is 21.3 Å². The quantitative estimate of drug-likeness (QED) is 0.845. The summed E-state index contributed by atoms with van der Waals surface area (Å²) in [4.78, 5) is 0. The Bertz CT molecular complexity index is 274. The normalized spacial score (nSPS) is 29.7. The van der Waals surface area contributed by atoms with Crippen LogP contribution >= 0.6 is 0 Å². The Kier molecular flexibility index (Phi) is 4.22. The molecule has 2 unspecified atom stereocenters. The van der Waals surface area contributed by atoms with E-state index in [0.29, 0.717) is 6.61 Å². The zero-order valence-electron chi connectivity index (χ0n) is 10.9. The Hall–Kier alpha value is -0.290. The Morgan fingerprint density at radius 2 is 2.00 bits per heavy atom. The number of hydrogen-bond donors (Lipinski definition) is 1. The summed E-state index contributed by atoms with van der Waals surface area (Å²) in [5.41, 5.74) is -0.108. The molecule has 0 amide bonds. The first-order valence-corrected chi connectivity index (χ1v) is 6.82. The second kappa shape index (κ2) is 5.37. The molecule has 0 aromatic heterocycles. The van der Waals surface area contributed by atoms with E-state index in [1.807, 2.05) is 0 Å². The summed E-state index contributed by atoms with van der Waals surface area (Å²) >= 11 is 0. The van der Waals surface area contributed by atoms with Gasteiger partial charge in [0.1, 0.15) is 0 Å². The second-order valence-electron chi connectivity index (χ2n) is 5.71. The fraction of sp³-hybridized carbons (Fsp3) is 1.00. The molecule has 2 fully saturated rings.